The van der Waals surface area contributed by atoms with Gasteiger partial charge >= 0.3 is 0 Å². The minimum Gasteiger partial charge on any atom is -0.454 e. The smallest absolute Gasteiger partial charge is 0.231 e. The summed E-state index contributed by atoms with van der Waals surface area (Å²) in [6.07, 6.45) is 5.05. The Balaban J connectivity index is 1.73. The molecule has 1 saturated heterocycles. The lowest BCUT2D eigenvalue weighted by molar-refractivity contribution is -0.120. The van der Waals surface area contributed by atoms with Crippen LogP contribution in [0.5, 0.6) is 11.5 Å². The third-order valence-electron chi connectivity index (χ3n) is 5.52. The molecule has 0 radical (unpaired) electrons. The van der Waals surface area contributed by atoms with Gasteiger partial charge in [-0.3, -0.25) is 9.69 Å². The van der Waals surface area contributed by atoms with E-state index in [2.05, 4.69) is 11.0 Å². The van der Waals surface area contributed by atoms with Crippen LogP contribution in [0.15, 0.2) is 24.3 Å². The molecule has 1 aliphatic carbocycles. The quantitative estimate of drug-likeness (QED) is 0.734. The van der Waals surface area contributed by atoms with Gasteiger partial charge in [-0.25, -0.2) is 0 Å². The van der Waals surface area contributed by atoms with Gasteiger partial charge in [0.25, 0.3) is 0 Å². The fourth-order valence-corrected chi connectivity index (χ4v) is 4.48. The van der Waals surface area contributed by atoms with Crippen LogP contribution in [0, 0.1) is 0 Å². The summed E-state index contributed by atoms with van der Waals surface area (Å²) >= 11 is 0. The summed E-state index contributed by atoms with van der Waals surface area (Å²) in [5.41, 5.74) is 1.72. The zero-order valence-corrected chi connectivity index (χ0v) is 12.4. The molecule has 5 nitrogen and oxygen atoms in total. The van der Waals surface area contributed by atoms with E-state index in [1.165, 1.54) is 5.56 Å². The number of carbonyl (C=O) groups is 1. The normalized spacial score (nSPS) is 37.1. The molecular formula is C17H17NO4. The summed E-state index contributed by atoms with van der Waals surface area (Å²) in [4.78, 5) is 15.1. The fraction of sp³-hybridized carbons (Fsp3) is 0.471. The SMILES string of the molecule is CO[C@@H]1C=C[C@]23C(=O)CN(Cc4cc5c(cc42)OCO5)[C@@H]3C1. The Morgan fingerprint density at radius 2 is 2.09 bits per heavy atom. The van der Waals surface area contributed by atoms with Crippen LogP contribution in [0.25, 0.3) is 0 Å². The first kappa shape index (κ1) is 12.7. The van der Waals surface area contributed by atoms with Crippen LogP contribution < -0.4 is 9.47 Å². The second-order valence-electron chi connectivity index (χ2n) is 6.44. The fourth-order valence-electron chi connectivity index (χ4n) is 4.48. The monoisotopic (exact) mass is 299 g/mol. The summed E-state index contributed by atoms with van der Waals surface area (Å²) in [7, 11) is 1.72. The van der Waals surface area contributed by atoms with Crippen molar-refractivity contribution in [3.8, 4) is 11.5 Å². The average Bonchev–Trinajstić information content (AvgIpc) is 3.06. The van der Waals surface area contributed by atoms with Crippen molar-refractivity contribution in [2.45, 2.75) is 30.5 Å². The molecule has 0 amide bonds. The number of hydrogen-bond acceptors (Lipinski definition) is 5. The number of Topliss-reactive ketones (excluding diaryl/α,β-unsaturated/α-hetero) is 1. The molecular weight excluding hydrogens is 282 g/mol. The number of hydrogen-bond donors (Lipinski definition) is 0. The van der Waals surface area contributed by atoms with E-state index < -0.39 is 5.41 Å². The van der Waals surface area contributed by atoms with Crippen molar-refractivity contribution in [3.63, 3.8) is 0 Å². The number of ketones is 1. The van der Waals surface area contributed by atoms with Crippen LogP contribution in [0.3, 0.4) is 0 Å². The molecule has 1 aromatic rings. The number of benzene rings is 1. The van der Waals surface area contributed by atoms with E-state index in [1.54, 1.807) is 7.11 Å². The topological polar surface area (TPSA) is 48.0 Å². The van der Waals surface area contributed by atoms with E-state index >= 15 is 0 Å². The highest BCUT2D eigenvalue weighted by molar-refractivity contribution is 5.98. The predicted octanol–water partition coefficient (Wildman–Crippen LogP) is 1.39. The van der Waals surface area contributed by atoms with Crippen LogP contribution in [-0.4, -0.2) is 43.3 Å². The molecule has 22 heavy (non-hydrogen) atoms. The van der Waals surface area contributed by atoms with Gasteiger partial charge in [0.2, 0.25) is 6.79 Å². The van der Waals surface area contributed by atoms with Gasteiger partial charge in [0.1, 0.15) is 0 Å². The molecule has 0 N–H and O–H groups in total. The summed E-state index contributed by atoms with van der Waals surface area (Å²) in [5.74, 6) is 1.82. The Kier molecular flexibility index (Phi) is 2.37. The van der Waals surface area contributed by atoms with Gasteiger partial charge in [-0.1, -0.05) is 12.2 Å². The van der Waals surface area contributed by atoms with Crippen LogP contribution >= 0.6 is 0 Å². The molecule has 3 aliphatic heterocycles. The van der Waals surface area contributed by atoms with Crippen LogP contribution in [-0.2, 0) is 21.5 Å². The lowest BCUT2D eigenvalue weighted by Crippen LogP contribution is -2.51. The maximum atomic E-state index is 12.9. The molecule has 0 aromatic heterocycles. The number of carbonyl (C=O) groups excluding carboxylic acids is 1. The molecule has 1 unspecified atom stereocenters. The summed E-state index contributed by atoms with van der Waals surface area (Å²) in [5, 5.41) is 0. The standard InChI is InChI=1S/C17H17NO4/c1-20-11-2-3-17-12-6-14-13(21-9-22-14)4-10(12)7-18(8-16(17)19)15(17)5-11/h2-4,6,11,15H,5,7-9H2,1H3/t11-,15-,17+/m1/s1. The maximum absolute atomic E-state index is 12.9. The minimum atomic E-state index is -0.538. The Bertz CT molecular complexity index is 713. The van der Waals surface area contributed by atoms with E-state index in [4.69, 9.17) is 14.2 Å². The second kappa shape index (κ2) is 4.12. The van der Waals surface area contributed by atoms with Gasteiger partial charge < -0.3 is 14.2 Å². The van der Waals surface area contributed by atoms with Crippen molar-refractivity contribution in [1.82, 2.24) is 4.90 Å². The van der Waals surface area contributed by atoms with Gasteiger partial charge in [-0.05, 0) is 29.7 Å². The van der Waals surface area contributed by atoms with Crippen molar-refractivity contribution >= 4 is 5.78 Å². The Hall–Kier alpha value is -1.85. The molecule has 3 heterocycles. The highest BCUT2D eigenvalue weighted by atomic mass is 16.7. The molecule has 0 saturated carbocycles. The van der Waals surface area contributed by atoms with E-state index in [0.29, 0.717) is 6.54 Å². The molecule has 5 rings (SSSR count). The highest BCUT2D eigenvalue weighted by Gasteiger charge is 2.58. The molecule has 5 heteroatoms. The van der Waals surface area contributed by atoms with Crippen LogP contribution in [0.1, 0.15) is 17.5 Å². The van der Waals surface area contributed by atoms with Crippen molar-refractivity contribution in [2.75, 3.05) is 20.4 Å². The summed E-state index contributed by atoms with van der Waals surface area (Å²) in [6.45, 7) is 1.55. The Morgan fingerprint density at radius 3 is 2.91 bits per heavy atom. The van der Waals surface area contributed by atoms with E-state index in [-0.39, 0.29) is 24.7 Å². The van der Waals surface area contributed by atoms with Gasteiger partial charge in [0.05, 0.1) is 18.1 Å². The number of rotatable bonds is 1. The zero-order valence-electron chi connectivity index (χ0n) is 12.4. The maximum Gasteiger partial charge on any atom is 0.231 e. The third-order valence-corrected chi connectivity index (χ3v) is 5.52. The minimum absolute atomic E-state index is 0.0853. The van der Waals surface area contributed by atoms with E-state index in [9.17, 15) is 4.79 Å². The number of methoxy groups -OCH3 is 1. The first-order valence-electron chi connectivity index (χ1n) is 7.65. The average molecular weight is 299 g/mol. The van der Waals surface area contributed by atoms with Crippen molar-refractivity contribution in [3.05, 3.63) is 35.4 Å². The lowest BCUT2D eigenvalue weighted by atomic mass is 9.66. The zero-order chi connectivity index (χ0) is 14.9. The molecule has 4 atom stereocenters. The third kappa shape index (κ3) is 1.38. The molecule has 0 spiro atoms. The largest absolute Gasteiger partial charge is 0.454 e. The number of fused-ring (bicyclic) bond motifs is 2. The second-order valence-corrected chi connectivity index (χ2v) is 6.44. The van der Waals surface area contributed by atoms with Crippen LogP contribution in [0.4, 0.5) is 0 Å². The first-order chi connectivity index (χ1) is 10.7. The Labute approximate surface area is 128 Å². The Morgan fingerprint density at radius 1 is 1.27 bits per heavy atom. The summed E-state index contributed by atoms with van der Waals surface area (Å²) in [6, 6.07) is 4.24. The van der Waals surface area contributed by atoms with E-state index in [0.717, 1.165) is 30.0 Å². The highest BCUT2D eigenvalue weighted by Crippen LogP contribution is 2.52. The van der Waals surface area contributed by atoms with Crippen molar-refractivity contribution < 1.29 is 19.0 Å². The van der Waals surface area contributed by atoms with E-state index in [1.807, 2.05) is 18.2 Å². The van der Waals surface area contributed by atoms with Crippen LogP contribution in [0.2, 0.25) is 0 Å². The number of ether oxygens (including phenoxy) is 3. The molecule has 2 bridgehead atoms. The van der Waals surface area contributed by atoms with Crippen molar-refractivity contribution in [2.24, 2.45) is 0 Å². The molecule has 4 aliphatic rings. The lowest BCUT2D eigenvalue weighted by Gasteiger charge is -2.44. The van der Waals surface area contributed by atoms with Crippen molar-refractivity contribution in [1.29, 1.82) is 0 Å². The molecule has 1 aromatic carbocycles. The van der Waals surface area contributed by atoms with Gasteiger partial charge in [-0.2, -0.15) is 0 Å². The van der Waals surface area contributed by atoms with Gasteiger partial charge in [-0.15, -0.1) is 0 Å². The molecule has 1 fully saturated rings. The number of nitrogens with zero attached hydrogens (tertiary/aromatic N) is 1. The summed E-state index contributed by atoms with van der Waals surface area (Å²) < 4.78 is 16.5. The molecule has 114 valence electrons. The van der Waals surface area contributed by atoms with Gasteiger partial charge in [0, 0.05) is 19.7 Å². The predicted molar refractivity (Wildman–Crippen MR) is 78.0 cm³/mol. The first-order valence-corrected chi connectivity index (χ1v) is 7.65. The van der Waals surface area contributed by atoms with Gasteiger partial charge in [0.15, 0.2) is 17.3 Å².